The molecule has 0 radical (unpaired) electrons. The summed E-state index contributed by atoms with van der Waals surface area (Å²) in [6, 6.07) is 0.544. The minimum atomic E-state index is 0.427. The highest BCUT2D eigenvalue weighted by atomic mass is 16.2. The maximum atomic E-state index is 12.6. The van der Waals surface area contributed by atoms with E-state index < -0.39 is 0 Å². The molecule has 1 saturated carbocycles. The fourth-order valence-electron chi connectivity index (χ4n) is 3.80. The van der Waals surface area contributed by atoms with Crippen molar-refractivity contribution in [2.45, 2.75) is 77.7 Å². The number of hydrogen-bond acceptors (Lipinski definition) is 2. The second kappa shape index (κ2) is 8.77. The first-order valence-corrected chi connectivity index (χ1v) is 9.16. The van der Waals surface area contributed by atoms with Crippen LogP contribution in [0.2, 0.25) is 0 Å². The lowest BCUT2D eigenvalue weighted by atomic mass is 9.93. The van der Waals surface area contributed by atoms with Crippen LogP contribution in [0.3, 0.4) is 0 Å². The number of rotatable bonds is 5. The van der Waals surface area contributed by atoms with Crippen LogP contribution in [0.15, 0.2) is 0 Å². The molecule has 1 heterocycles. The first kappa shape index (κ1) is 16.8. The second-order valence-electron chi connectivity index (χ2n) is 7.47. The van der Waals surface area contributed by atoms with Crippen LogP contribution < -0.4 is 5.32 Å². The van der Waals surface area contributed by atoms with Crippen LogP contribution in [-0.4, -0.2) is 36.5 Å². The third-order valence-electron chi connectivity index (χ3n) is 5.12. The molecule has 0 aromatic heterocycles. The Morgan fingerprint density at radius 3 is 2.38 bits per heavy atom. The van der Waals surface area contributed by atoms with Crippen LogP contribution in [0.5, 0.6) is 0 Å². The Bertz CT molecular complexity index is 308. The Kier molecular flexibility index (Phi) is 7.01. The van der Waals surface area contributed by atoms with E-state index in [0.717, 1.165) is 26.1 Å². The van der Waals surface area contributed by atoms with Crippen molar-refractivity contribution in [2.24, 2.45) is 11.8 Å². The molecule has 1 aliphatic carbocycles. The maximum Gasteiger partial charge on any atom is 0.222 e. The Balaban J connectivity index is 1.75. The minimum absolute atomic E-state index is 0.427. The van der Waals surface area contributed by atoms with E-state index in [1.165, 1.54) is 51.4 Å². The zero-order valence-electron chi connectivity index (χ0n) is 14.1. The Hall–Kier alpha value is -0.570. The molecule has 0 bridgehead atoms. The van der Waals surface area contributed by atoms with Gasteiger partial charge in [-0.25, -0.2) is 0 Å². The second-order valence-corrected chi connectivity index (χ2v) is 7.47. The predicted octanol–water partition coefficient (Wildman–Crippen LogP) is 3.58. The third-order valence-corrected chi connectivity index (χ3v) is 5.12. The third kappa shape index (κ3) is 5.98. The molecule has 0 aromatic carbocycles. The standard InChI is InChI=1S/C18H34N2O/c1-15(2)19-13-17-10-7-11-20(14-17)18(21)12-16-8-5-3-4-6-9-16/h15-17,19H,3-14H2,1-2H3. The van der Waals surface area contributed by atoms with E-state index in [4.69, 9.17) is 0 Å². The predicted molar refractivity (Wildman–Crippen MR) is 88.3 cm³/mol. The largest absolute Gasteiger partial charge is 0.342 e. The van der Waals surface area contributed by atoms with E-state index >= 15 is 0 Å². The van der Waals surface area contributed by atoms with Crippen molar-refractivity contribution >= 4 is 5.91 Å². The lowest BCUT2D eigenvalue weighted by molar-refractivity contribution is -0.134. The molecule has 2 fully saturated rings. The van der Waals surface area contributed by atoms with Crippen LogP contribution in [0.1, 0.15) is 71.6 Å². The van der Waals surface area contributed by atoms with Gasteiger partial charge in [-0.3, -0.25) is 4.79 Å². The molecule has 0 aromatic rings. The average Bonchev–Trinajstić information content (AvgIpc) is 2.74. The number of likely N-dealkylation sites (tertiary alicyclic amines) is 1. The molecular formula is C18H34N2O. The van der Waals surface area contributed by atoms with E-state index in [0.29, 0.717) is 23.8 Å². The number of carbonyl (C=O) groups is 1. The van der Waals surface area contributed by atoms with Gasteiger partial charge in [0.05, 0.1) is 0 Å². The van der Waals surface area contributed by atoms with Crippen LogP contribution in [0.4, 0.5) is 0 Å². The van der Waals surface area contributed by atoms with Gasteiger partial charge in [-0.05, 0) is 44.1 Å². The number of nitrogens with zero attached hydrogens (tertiary/aromatic N) is 1. The summed E-state index contributed by atoms with van der Waals surface area (Å²) in [4.78, 5) is 14.7. The van der Waals surface area contributed by atoms with Crippen molar-refractivity contribution in [3.05, 3.63) is 0 Å². The fraction of sp³-hybridized carbons (Fsp3) is 0.944. The fourth-order valence-corrected chi connectivity index (χ4v) is 3.80. The molecule has 1 atom stereocenters. The lowest BCUT2D eigenvalue weighted by Crippen LogP contribution is -2.44. The highest BCUT2D eigenvalue weighted by Crippen LogP contribution is 2.27. The van der Waals surface area contributed by atoms with E-state index in [1.54, 1.807) is 0 Å². The van der Waals surface area contributed by atoms with Crippen LogP contribution in [-0.2, 0) is 4.79 Å². The van der Waals surface area contributed by atoms with E-state index in [9.17, 15) is 4.79 Å². The molecule has 3 nitrogen and oxygen atoms in total. The molecule has 2 rings (SSSR count). The van der Waals surface area contributed by atoms with Gasteiger partial charge < -0.3 is 10.2 Å². The highest BCUT2D eigenvalue weighted by Gasteiger charge is 2.25. The average molecular weight is 294 g/mol. The van der Waals surface area contributed by atoms with Gasteiger partial charge in [0.2, 0.25) is 5.91 Å². The molecule has 122 valence electrons. The maximum absolute atomic E-state index is 12.6. The van der Waals surface area contributed by atoms with Crippen molar-refractivity contribution < 1.29 is 4.79 Å². The molecule has 2 aliphatic rings. The number of amides is 1. The summed E-state index contributed by atoms with van der Waals surface area (Å²) in [6.07, 6.45) is 11.2. The number of nitrogens with one attached hydrogen (secondary N) is 1. The zero-order valence-corrected chi connectivity index (χ0v) is 14.1. The first-order valence-electron chi connectivity index (χ1n) is 9.16. The van der Waals surface area contributed by atoms with Crippen molar-refractivity contribution in [1.29, 1.82) is 0 Å². The molecule has 1 unspecified atom stereocenters. The topological polar surface area (TPSA) is 32.3 Å². The van der Waals surface area contributed by atoms with Crippen molar-refractivity contribution in [3.8, 4) is 0 Å². The highest BCUT2D eigenvalue weighted by molar-refractivity contribution is 5.76. The summed E-state index contributed by atoms with van der Waals surface area (Å²) in [5.74, 6) is 1.74. The normalized spacial score (nSPS) is 25.1. The summed E-state index contributed by atoms with van der Waals surface area (Å²) in [5, 5.41) is 3.53. The van der Waals surface area contributed by atoms with Gasteiger partial charge in [0.25, 0.3) is 0 Å². The summed E-state index contributed by atoms with van der Waals surface area (Å²) in [5.41, 5.74) is 0. The summed E-state index contributed by atoms with van der Waals surface area (Å²) >= 11 is 0. The zero-order chi connectivity index (χ0) is 15.1. The summed E-state index contributed by atoms with van der Waals surface area (Å²) in [6.45, 7) is 7.41. The van der Waals surface area contributed by atoms with Crippen molar-refractivity contribution in [1.82, 2.24) is 10.2 Å². The van der Waals surface area contributed by atoms with E-state index in [2.05, 4.69) is 24.1 Å². The molecular weight excluding hydrogens is 260 g/mol. The van der Waals surface area contributed by atoms with Gasteiger partial charge in [-0.15, -0.1) is 0 Å². The van der Waals surface area contributed by atoms with Gasteiger partial charge in [0.1, 0.15) is 0 Å². The van der Waals surface area contributed by atoms with Crippen molar-refractivity contribution in [2.75, 3.05) is 19.6 Å². The van der Waals surface area contributed by atoms with Crippen LogP contribution in [0.25, 0.3) is 0 Å². The van der Waals surface area contributed by atoms with Gasteiger partial charge in [-0.1, -0.05) is 39.5 Å². The van der Waals surface area contributed by atoms with Crippen LogP contribution in [0, 0.1) is 11.8 Å². The molecule has 3 heteroatoms. The Labute approximate surface area is 130 Å². The van der Waals surface area contributed by atoms with Gasteiger partial charge >= 0.3 is 0 Å². The summed E-state index contributed by atoms with van der Waals surface area (Å²) in [7, 11) is 0. The number of carbonyl (C=O) groups excluding carboxylic acids is 1. The first-order chi connectivity index (χ1) is 10.1. The van der Waals surface area contributed by atoms with Gasteiger partial charge in [-0.2, -0.15) is 0 Å². The van der Waals surface area contributed by atoms with E-state index in [-0.39, 0.29) is 0 Å². The monoisotopic (exact) mass is 294 g/mol. The van der Waals surface area contributed by atoms with Crippen LogP contribution >= 0.6 is 0 Å². The van der Waals surface area contributed by atoms with Gasteiger partial charge in [0, 0.05) is 25.6 Å². The number of piperidine rings is 1. The SMILES string of the molecule is CC(C)NCC1CCCN(C(=O)CC2CCCCCC2)C1. The Morgan fingerprint density at radius 2 is 1.71 bits per heavy atom. The molecule has 1 aliphatic heterocycles. The molecule has 1 amide bonds. The summed E-state index contributed by atoms with van der Waals surface area (Å²) < 4.78 is 0. The smallest absolute Gasteiger partial charge is 0.222 e. The minimum Gasteiger partial charge on any atom is -0.342 e. The molecule has 1 N–H and O–H groups in total. The molecule has 1 saturated heterocycles. The van der Waals surface area contributed by atoms with E-state index in [1.807, 2.05) is 0 Å². The van der Waals surface area contributed by atoms with Gasteiger partial charge in [0.15, 0.2) is 0 Å². The molecule has 21 heavy (non-hydrogen) atoms. The quantitative estimate of drug-likeness (QED) is 0.786. The van der Waals surface area contributed by atoms with Crippen molar-refractivity contribution in [3.63, 3.8) is 0 Å². The molecule has 0 spiro atoms. The lowest BCUT2D eigenvalue weighted by Gasteiger charge is -2.34. The Morgan fingerprint density at radius 1 is 1.05 bits per heavy atom. The number of hydrogen-bond donors (Lipinski definition) is 1.